The van der Waals surface area contributed by atoms with Crippen LogP contribution in [0.15, 0.2) is 47.5 Å². The molecular formula is C21H26N4O3S. The SMILES string of the molecule is CC(=O)Nc1ccc(S[C@H](C)C(=O)NCc2ccnc(N3CCOCC3)c2)cc1. The summed E-state index contributed by atoms with van der Waals surface area (Å²) in [6.07, 6.45) is 1.78. The molecule has 3 rings (SSSR count). The van der Waals surface area contributed by atoms with Gasteiger partial charge in [-0.1, -0.05) is 0 Å². The molecule has 0 bridgehead atoms. The van der Waals surface area contributed by atoms with E-state index in [-0.39, 0.29) is 17.1 Å². The molecule has 8 heteroatoms. The first-order valence-electron chi connectivity index (χ1n) is 9.61. The van der Waals surface area contributed by atoms with Gasteiger partial charge in [0.25, 0.3) is 0 Å². The number of amides is 2. The Morgan fingerprint density at radius 1 is 1.21 bits per heavy atom. The standard InChI is InChI=1S/C21H26N4O3S/c1-15(29-19-5-3-18(4-6-19)24-16(2)26)21(27)23-14-17-7-8-22-20(13-17)25-9-11-28-12-10-25/h3-8,13,15H,9-12,14H2,1-2H3,(H,23,27)(H,24,26)/t15-/m1/s1. The van der Waals surface area contributed by atoms with E-state index in [4.69, 9.17) is 4.74 Å². The summed E-state index contributed by atoms with van der Waals surface area (Å²) in [5, 5.41) is 5.50. The molecule has 2 amide bonds. The monoisotopic (exact) mass is 414 g/mol. The molecule has 2 heterocycles. The Bertz CT molecular complexity index is 838. The van der Waals surface area contributed by atoms with Crippen LogP contribution in [0, 0.1) is 0 Å². The molecule has 7 nitrogen and oxygen atoms in total. The Kier molecular flexibility index (Phi) is 7.48. The number of nitrogens with one attached hydrogen (secondary N) is 2. The van der Waals surface area contributed by atoms with Crippen molar-refractivity contribution in [1.82, 2.24) is 10.3 Å². The van der Waals surface area contributed by atoms with Gasteiger partial charge in [0.05, 0.1) is 18.5 Å². The minimum absolute atomic E-state index is 0.0225. The zero-order valence-electron chi connectivity index (χ0n) is 16.7. The highest BCUT2D eigenvalue weighted by atomic mass is 32.2. The van der Waals surface area contributed by atoms with E-state index in [0.29, 0.717) is 19.8 Å². The largest absolute Gasteiger partial charge is 0.378 e. The second-order valence-electron chi connectivity index (χ2n) is 6.81. The van der Waals surface area contributed by atoms with Crippen molar-refractivity contribution < 1.29 is 14.3 Å². The van der Waals surface area contributed by atoms with Crippen LogP contribution in [0.1, 0.15) is 19.4 Å². The first-order valence-corrected chi connectivity index (χ1v) is 10.5. The molecule has 1 aliphatic heterocycles. The van der Waals surface area contributed by atoms with Gasteiger partial charge in [0.2, 0.25) is 11.8 Å². The third-order valence-corrected chi connectivity index (χ3v) is 5.58. The number of aromatic nitrogens is 1. The van der Waals surface area contributed by atoms with E-state index in [1.807, 2.05) is 43.3 Å². The van der Waals surface area contributed by atoms with Crippen LogP contribution in [-0.2, 0) is 20.9 Å². The molecule has 1 saturated heterocycles. The number of carbonyl (C=O) groups is 2. The fourth-order valence-corrected chi connectivity index (χ4v) is 3.84. The van der Waals surface area contributed by atoms with Crippen LogP contribution in [0.2, 0.25) is 0 Å². The lowest BCUT2D eigenvalue weighted by molar-refractivity contribution is -0.120. The van der Waals surface area contributed by atoms with Crippen LogP contribution in [-0.4, -0.2) is 48.4 Å². The van der Waals surface area contributed by atoms with E-state index in [1.165, 1.54) is 18.7 Å². The zero-order chi connectivity index (χ0) is 20.6. The van der Waals surface area contributed by atoms with Crippen LogP contribution >= 0.6 is 11.8 Å². The second-order valence-corrected chi connectivity index (χ2v) is 8.22. The molecule has 1 aromatic heterocycles. The summed E-state index contributed by atoms with van der Waals surface area (Å²) in [5.41, 5.74) is 1.76. The van der Waals surface area contributed by atoms with Gasteiger partial charge in [-0.25, -0.2) is 4.98 Å². The number of nitrogens with zero attached hydrogens (tertiary/aromatic N) is 2. The zero-order valence-corrected chi connectivity index (χ0v) is 17.5. The molecule has 0 spiro atoms. The fourth-order valence-electron chi connectivity index (χ4n) is 2.95. The molecular weight excluding hydrogens is 388 g/mol. The van der Waals surface area contributed by atoms with Gasteiger partial charge in [0.1, 0.15) is 5.82 Å². The summed E-state index contributed by atoms with van der Waals surface area (Å²) in [6, 6.07) is 11.4. The molecule has 0 radical (unpaired) electrons. The van der Waals surface area contributed by atoms with Crippen LogP contribution in [0.25, 0.3) is 0 Å². The molecule has 0 aliphatic carbocycles. The van der Waals surface area contributed by atoms with Crippen molar-refractivity contribution in [3.05, 3.63) is 48.2 Å². The lowest BCUT2D eigenvalue weighted by Gasteiger charge is -2.28. The first-order chi connectivity index (χ1) is 14.0. The highest BCUT2D eigenvalue weighted by Gasteiger charge is 2.15. The Morgan fingerprint density at radius 2 is 1.93 bits per heavy atom. The molecule has 1 aromatic carbocycles. The number of anilines is 2. The predicted molar refractivity (Wildman–Crippen MR) is 115 cm³/mol. The molecule has 1 atom stereocenters. The number of rotatable bonds is 7. The molecule has 0 saturated carbocycles. The summed E-state index contributed by atoms with van der Waals surface area (Å²) < 4.78 is 5.38. The molecule has 1 aliphatic rings. The van der Waals surface area contributed by atoms with Gasteiger partial charge < -0.3 is 20.3 Å². The topological polar surface area (TPSA) is 83.6 Å². The summed E-state index contributed by atoms with van der Waals surface area (Å²) in [4.78, 5) is 31.2. The quantitative estimate of drug-likeness (QED) is 0.678. The van der Waals surface area contributed by atoms with E-state index in [9.17, 15) is 9.59 Å². The number of hydrogen-bond donors (Lipinski definition) is 2. The maximum absolute atomic E-state index is 12.5. The van der Waals surface area contributed by atoms with Gasteiger partial charge in [-0.05, 0) is 48.9 Å². The summed E-state index contributed by atoms with van der Waals surface area (Å²) in [6.45, 7) is 6.90. The van der Waals surface area contributed by atoms with Crippen LogP contribution in [0.4, 0.5) is 11.5 Å². The molecule has 29 heavy (non-hydrogen) atoms. The molecule has 2 aromatic rings. The van der Waals surface area contributed by atoms with Gasteiger partial charge in [-0.15, -0.1) is 11.8 Å². The van der Waals surface area contributed by atoms with Gasteiger partial charge >= 0.3 is 0 Å². The summed E-state index contributed by atoms with van der Waals surface area (Å²) in [7, 11) is 0. The maximum Gasteiger partial charge on any atom is 0.233 e. The highest BCUT2D eigenvalue weighted by molar-refractivity contribution is 8.00. The number of morpholine rings is 1. The minimum atomic E-state index is -0.234. The lowest BCUT2D eigenvalue weighted by atomic mass is 10.2. The summed E-state index contributed by atoms with van der Waals surface area (Å²) in [5.74, 6) is 0.790. The fraction of sp³-hybridized carbons (Fsp3) is 0.381. The normalized spacial score (nSPS) is 14.9. The Labute approximate surface area is 175 Å². The third kappa shape index (κ3) is 6.47. The second kappa shape index (κ2) is 10.3. The van der Waals surface area contributed by atoms with Crippen molar-refractivity contribution in [2.75, 3.05) is 36.5 Å². The van der Waals surface area contributed by atoms with Crippen molar-refractivity contribution >= 4 is 35.1 Å². The lowest BCUT2D eigenvalue weighted by Crippen LogP contribution is -2.36. The van der Waals surface area contributed by atoms with Crippen LogP contribution in [0.3, 0.4) is 0 Å². The van der Waals surface area contributed by atoms with Crippen molar-refractivity contribution in [3.8, 4) is 0 Å². The van der Waals surface area contributed by atoms with Gasteiger partial charge in [0.15, 0.2) is 0 Å². The van der Waals surface area contributed by atoms with Gasteiger partial charge in [-0.3, -0.25) is 9.59 Å². The third-order valence-electron chi connectivity index (χ3n) is 4.47. The predicted octanol–water partition coefficient (Wildman–Crippen LogP) is 2.67. The van der Waals surface area contributed by atoms with E-state index in [2.05, 4.69) is 20.5 Å². The van der Waals surface area contributed by atoms with Crippen molar-refractivity contribution in [1.29, 1.82) is 0 Å². The average Bonchev–Trinajstić information content (AvgIpc) is 2.74. The number of thioether (sulfide) groups is 1. The van der Waals surface area contributed by atoms with Crippen LogP contribution < -0.4 is 15.5 Å². The number of ether oxygens (including phenoxy) is 1. The van der Waals surface area contributed by atoms with Gasteiger partial charge in [-0.2, -0.15) is 0 Å². The van der Waals surface area contributed by atoms with E-state index in [0.717, 1.165) is 35.1 Å². The van der Waals surface area contributed by atoms with E-state index in [1.54, 1.807) is 6.20 Å². The van der Waals surface area contributed by atoms with Crippen molar-refractivity contribution in [3.63, 3.8) is 0 Å². The van der Waals surface area contributed by atoms with Crippen LogP contribution in [0.5, 0.6) is 0 Å². The molecule has 2 N–H and O–H groups in total. The maximum atomic E-state index is 12.5. The highest BCUT2D eigenvalue weighted by Crippen LogP contribution is 2.25. The Morgan fingerprint density at radius 3 is 2.62 bits per heavy atom. The van der Waals surface area contributed by atoms with Gasteiger partial charge in [0, 0.05) is 43.3 Å². The van der Waals surface area contributed by atoms with E-state index < -0.39 is 0 Å². The average molecular weight is 415 g/mol. The smallest absolute Gasteiger partial charge is 0.233 e. The molecule has 0 unspecified atom stereocenters. The van der Waals surface area contributed by atoms with Crippen molar-refractivity contribution in [2.45, 2.75) is 30.5 Å². The number of pyridine rings is 1. The first kappa shape index (κ1) is 21.1. The van der Waals surface area contributed by atoms with E-state index >= 15 is 0 Å². The Balaban J connectivity index is 1.50. The molecule has 1 fully saturated rings. The summed E-state index contributed by atoms with van der Waals surface area (Å²) >= 11 is 1.48. The molecule has 154 valence electrons. The number of benzene rings is 1. The Hall–Kier alpha value is -2.58. The minimum Gasteiger partial charge on any atom is -0.378 e. The number of carbonyl (C=O) groups excluding carboxylic acids is 2. The number of hydrogen-bond acceptors (Lipinski definition) is 6. The van der Waals surface area contributed by atoms with Crippen molar-refractivity contribution in [2.24, 2.45) is 0 Å².